The molecule has 0 saturated carbocycles. The van der Waals surface area contributed by atoms with Crippen LogP contribution in [0.15, 0.2) is 59.8 Å². The molecular formula is C24H24N2O2. The van der Waals surface area contributed by atoms with Crippen LogP contribution >= 0.6 is 0 Å². The molecule has 4 heteroatoms. The van der Waals surface area contributed by atoms with Crippen molar-refractivity contribution in [2.24, 2.45) is 5.41 Å². The molecule has 1 aliphatic carbocycles. The van der Waals surface area contributed by atoms with Crippen LogP contribution in [-0.4, -0.2) is 12.4 Å². The molecule has 0 radical (unpaired) electrons. The van der Waals surface area contributed by atoms with Crippen molar-refractivity contribution >= 4 is 17.2 Å². The molecule has 4 nitrogen and oxygen atoms in total. The van der Waals surface area contributed by atoms with Crippen LogP contribution in [0.2, 0.25) is 0 Å². The van der Waals surface area contributed by atoms with E-state index < -0.39 is 0 Å². The Labute approximate surface area is 166 Å². The van der Waals surface area contributed by atoms with Crippen molar-refractivity contribution in [1.29, 1.82) is 0 Å². The summed E-state index contributed by atoms with van der Waals surface area (Å²) in [6.45, 7) is 4.53. The first kappa shape index (κ1) is 18.2. The lowest BCUT2D eigenvalue weighted by molar-refractivity contribution is -0.118. The third kappa shape index (κ3) is 3.48. The number of benzene rings is 2. The Kier molecular flexibility index (Phi) is 4.60. The van der Waals surface area contributed by atoms with Crippen molar-refractivity contribution in [3.8, 4) is 18.1 Å². The summed E-state index contributed by atoms with van der Waals surface area (Å²) < 4.78 is 5.49. The molecule has 1 atom stereocenters. The second kappa shape index (κ2) is 7.09. The van der Waals surface area contributed by atoms with E-state index in [1.165, 1.54) is 0 Å². The largest absolute Gasteiger partial charge is 0.481 e. The second-order valence-electron chi connectivity index (χ2n) is 8.14. The van der Waals surface area contributed by atoms with Crippen molar-refractivity contribution in [3.05, 3.63) is 65.4 Å². The fraction of sp³-hybridized carbons (Fsp3) is 0.292. The van der Waals surface area contributed by atoms with Gasteiger partial charge >= 0.3 is 0 Å². The van der Waals surface area contributed by atoms with Gasteiger partial charge in [-0.15, -0.1) is 6.42 Å². The van der Waals surface area contributed by atoms with Gasteiger partial charge < -0.3 is 15.4 Å². The summed E-state index contributed by atoms with van der Waals surface area (Å²) in [6.07, 6.45) is 6.64. The first-order valence-corrected chi connectivity index (χ1v) is 9.52. The van der Waals surface area contributed by atoms with Crippen molar-refractivity contribution < 1.29 is 9.53 Å². The van der Waals surface area contributed by atoms with Gasteiger partial charge in [-0.3, -0.25) is 4.79 Å². The molecule has 0 unspecified atom stereocenters. The standard InChI is InChI=1S/C24H24N2O2/c1-4-13-28-17-11-9-16(10-12-17)23-22-20(14-24(2,3)15-21(22)27)25-18-7-5-6-8-19(18)26-23/h1,5-12,23,25-26H,13-15H2,2-3H3/t23-/m0/s1. The van der Waals surface area contributed by atoms with Gasteiger partial charge in [0.2, 0.25) is 0 Å². The minimum Gasteiger partial charge on any atom is -0.481 e. The second-order valence-corrected chi connectivity index (χ2v) is 8.14. The maximum Gasteiger partial charge on any atom is 0.163 e. The molecule has 2 aromatic rings. The van der Waals surface area contributed by atoms with E-state index in [0.29, 0.717) is 6.42 Å². The van der Waals surface area contributed by atoms with Crippen LogP contribution in [0, 0.1) is 17.8 Å². The summed E-state index contributed by atoms with van der Waals surface area (Å²) in [5.74, 6) is 3.38. The Morgan fingerprint density at radius 3 is 2.54 bits per heavy atom. The average Bonchev–Trinajstić information content (AvgIpc) is 2.82. The van der Waals surface area contributed by atoms with E-state index in [2.05, 4.69) is 30.4 Å². The normalized spacial score (nSPS) is 20.0. The monoisotopic (exact) mass is 372 g/mol. The Hall–Kier alpha value is -3.19. The van der Waals surface area contributed by atoms with E-state index >= 15 is 0 Å². The summed E-state index contributed by atoms with van der Waals surface area (Å²) in [5.41, 5.74) is 4.79. The number of carbonyl (C=O) groups is 1. The molecule has 28 heavy (non-hydrogen) atoms. The molecule has 0 bridgehead atoms. The third-order valence-electron chi connectivity index (χ3n) is 5.26. The molecule has 2 aliphatic rings. The Bertz CT molecular complexity index is 980. The van der Waals surface area contributed by atoms with Gasteiger partial charge in [-0.1, -0.05) is 44.0 Å². The lowest BCUT2D eigenvalue weighted by Crippen LogP contribution is -2.31. The molecule has 1 heterocycles. The molecule has 0 fully saturated rings. The summed E-state index contributed by atoms with van der Waals surface area (Å²) in [7, 11) is 0. The van der Waals surface area contributed by atoms with Gasteiger partial charge in [-0.25, -0.2) is 0 Å². The number of rotatable bonds is 3. The number of allylic oxidation sites excluding steroid dienone is 1. The van der Waals surface area contributed by atoms with Gasteiger partial charge in [-0.05, 0) is 41.7 Å². The highest BCUT2D eigenvalue weighted by atomic mass is 16.5. The zero-order chi connectivity index (χ0) is 19.7. The number of para-hydroxylation sites is 2. The maximum absolute atomic E-state index is 13.2. The first-order chi connectivity index (χ1) is 13.5. The van der Waals surface area contributed by atoms with Crippen LogP contribution in [-0.2, 0) is 4.79 Å². The minimum atomic E-state index is -0.212. The fourth-order valence-corrected chi connectivity index (χ4v) is 4.02. The van der Waals surface area contributed by atoms with Crippen LogP contribution < -0.4 is 15.4 Å². The number of terminal acetylenes is 1. The van der Waals surface area contributed by atoms with Crippen LogP contribution in [0.25, 0.3) is 0 Å². The third-order valence-corrected chi connectivity index (χ3v) is 5.26. The van der Waals surface area contributed by atoms with Crippen LogP contribution in [0.3, 0.4) is 0 Å². The van der Waals surface area contributed by atoms with E-state index in [9.17, 15) is 4.79 Å². The zero-order valence-electron chi connectivity index (χ0n) is 16.2. The van der Waals surface area contributed by atoms with Gasteiger partial charge in [0.15, 0.2) is 5.78 Å². The van der Waals surface area contributed by atoms with Gasteiger partial charge in [0, 0.05) is 17.7 Å². The van der Waals surface area contributed by atoms with Gasteiger partial charge in [0.25, 0.3) is 0 Å². The molecule has 1 aliphatic heterocycles. The molecule has 0 saturated heterocycles. The first-order valence-electron chi connectivity index (χ1n) is 9.52. The quantitative estimate of drug-likeness (QED) is 0.751. The number of carbonyl (C=O) groups excluding carboxylic acids is 1. The SMILES string of the molecule is C#CCOc1ccc([C@@H]2Nc3ccccc3NC3=C2C(=O)CC(C)(C)C3)cc1. The summed E-state index contributed by atoms with van der Waals surface area (Å²) in [4.78, 5) is 13.2. The average molecular weight is 372 g/mol. The highest BCUT2D eigenvalue weighted by molar-refractivity contribution is 6.01. The van der Waals surface area contributed by atoms with Gasteiger partial charge in [-0.2, -0.15) is 0 Å². The predicted octanol–water partition coefficient (Wildman–Crippen LogP) is 4.92. The molecule has 0 spiro atoms. The number of nitrogens with one attached hydrogen (secondary N) is 2. The van der Waals surface area contributed by atoms with E-state index in [-0.39, 0.29) is 23.8 Å². The van der Waals surface area contributed by atoms with Crippen molar-refractivity contribution in [1.82, 2.24) is 0 Å². The Balaban J connectivity index is 1.77. The lowest BCUT2D eigenvalue weighted by atomic mass is 9.73. The number of Topliss-reactive ketones (excluding diaryl/α,β-unsaturated/α-hetero) is 1. The highest BCUT2D eigenvalue weighted by Gasteiger charge is 2.38. The topological polar surface area (TPSA) is 50.4 Å². The minimum absolute atomic E-state index is 0.0559. The maximum atomic E-state index is 13.2. The Morgan fingerprint density at radius 2 is 1.82 bits per heavy atom. The summed E-state index contributed by atoms with van der Waals surface area (Å²) >= 11 is 0. The van der Waals surface area contributed by atoms with E-state index in [1.54, 1.807) is 0 Å². The summed E-state index contributed by atoms with van der Waals surface area (Å²) in [6, 6.07) is 15.7. The highest BCUT2D eigenvalue weighted by Crippen LogP contribution is 2.45. The van der Waals surface area contributed by atoms with E-state index in [1.807, 2.05) is 48.5 Å². The van der Waals surface area contributed by atoms with Crippen molar-refractivity contribution in [2.45, 2.75) is 32.7 Å². The lowest BCUT2D eigenvalue weighted by Gasteiger charge is -2.34. The zero-order valence-corrected chi connectivity index (χ0v) is 16.2. The molecule has 2 N–H and O–H groups in total. The Morgan fingerprint density at radius 1 is 1.11 bits per heavy atom. The van der Waals surface area contributed by atoms with Gasteiger partial charge in [0.05, 0.1) is 17.4 Å². The van der Waals surface area contributed by atoms with E-state index in [0.717, 1.165) is 40.4 Å². The number of hydrogen-bond donors (Lipinski definition) is 2. The van der Waals surface area contributed by atoms with Crippen LogP contribution in [0.5, 0.6) is 5.75 Å². The fourth-order valence-electron chi connectivity index (χ4n) is 4.02. The number of anilines is 2. The van der Waals surface area contributed by atoms with Crippen molar-refractivity contribution in [3.63, 3.8) is 0 Å². The van der Waals surface area contributed by atoms with E-state index in [4.69, 9.17) is 11.2 Å². The molecule has 4 rings (SSSR count). The molecule has 2 aromatic carbocycles. The molecule has 0 aromatic heterocycles. The number of fused-ring (bicyclic) bond motifs is 1. The number of ether oxygens (including phenoxy) is 1. The van der Waals surface area contributed by atoms with Crippen molar-refractivity contribution in [2.75, 3.05) is 17.2 Å². The molecular weight excluding hydrogens is 348 g/mol. The molecule has 142 valence electrons. The van der Waals surface area contributed by atoms with Crippen LogP contribution in [0.4, 0.5) is 11.4 Å². The predicted molar refractivity (Wildman–Crippen MR) is 112 cm³/mol. The van der Waals surface area contributed by atoms with Gasteiger partial charge in [0.1, 0.15) is 12.4 Å². The molecule has 0 amide bonds. The number of hydrogen-bond acceptors (Lipinski definition) is 4. The smallest absolute Gasteiger partial charge is 0.163 e. The van der Waals surface area contributed by atoms with Crippen LogP contribution in [0.1, 0.15) is 38.3 Å². The summed E-state index contributed by atoms with van der Waals surface area (Å²) in [5, 5.41) is 7.12. The number of ketones is 1.